The Bertz CT molecular complexity index is 1050. The summed E-state index contributed by atoms with van der Waals surface area (Å²) in [5.41, 5.74) is 3.33. The number of aromatic nitrogens is 3. The van der Waals surface area contributed by atoms with Crippen molar-refractivity contribution in [1.29, 1.82) is 0 Å². The lowest BCUT2D eigenvalue weighted by molar-refractivity contribution is 0.141. The molecule has 9 heteroatoms. The highest BCUT2D eigenvalue weighted by molar-refractivity contribution is 9.10. The first-order valence-electron chi connectivity index (χ1n) is 9.28. The minimum Gasteiger partial charge on any atom is -0.392 e. The van der Waals surface area contributed by atoms with Crippen LogP contribution >= 0.6 is 15.9 Å². The molecule has 0 bridgehead atoms. The number of anilines is 2. The van der Waals surface area contributed by atoms with Crippen LogP contribution < -0.4 is 5.32 Å². The van der Waals surface area contributed by atoms with Crippen molar-refractivity contribution in [2.45, 2.75) is 32.4 Å². The minimum atomic E-state index is -2.79. The van der Waals surface area contributed by atoms with Gasteiger partial charge in [-0.05, 0) is 42.7 Å². The number of likely N-dealkylation sites (tertiary alicyclic amines) is 1. The molecule has 152 valence electrons. The van der Waals surface area contributed by atoms with E-state index in [1.807, 2.05) is 25.1 Å². The van der Waals surface area contributed by atoms with Gasteiger partial charge in [-0.25, -0.2) is 18.7 Å². The number of alkyl halides is 2. The van der Waals surface area contributed by atoms with Crippen LogP contribution in [0.25, 0.3) is 11.0 Å². The summed E-state index contributed by atoms with van der Waals surface area (Å²) in [6, 6.07) is 7.37. The number of rotatable bonds is 5. The summed E-state index contributed by atoms with van der Waals surface area (Å²) in [5.74, 6) is -0.294. The fourth-order valence-electron chi connectivity index (χ4n) is 3.43. The molecule has 0 amide bonds. The van der Waals surface area contributed by atoms with E-state index < -0.39 is 12.2 Å². The molecule has 1 atom stereocenters. The molecule has 1 aliphatic rings. The summed E-state index contributed by atoms with van der Waals surface area (Å²) in [6.45, 7) is 3.89. The minimum absolute atomic E-state index is 0.245. The predicted octanol–water partition coefficient (Wildman–Crippen LogP) is 4.34. The monoisotopic (exact) mass is 463 g/mol. The number of nitrogens with zero attached hydrogens (tertiary/aromatic N) is 4. The lowest BCUT2D eigenvalue weighted by atomic mass is 10.2. The van der Waals surface area contributed by atoms with Crippen molar-refractivity contribution in [3.8, 4) is 0 Å². The van der Waals surface area contributed by atoms with E-state index in [2.05, 4.69) is 41.1 Å². The molecule has 1 fully saturated rings. The quantitative estimate of drug-likeness (QED) is 0.585. The molecule has 1 aromatic carbocycles. The molecule has 3 heterocycles. The van der Waals surface area contributed by atoms with E-state index in [1.54, 1.807) is 12.3 Å². The van der Waals surface area contributed by atoms with Crippen molar-refractivity contribution in [3.63, 3.8) is 0 Å². The molecule has 0 aliphatic carbocycles. The van der Waals surface area contributed by atoms with Gasteiger partial charge in [-0.15, -0.1) is 0 Å². The SMILES string of the molecule is Cc1c(Br)cccc1Nc1nc(C(F)F)nc2cc(CN3CCC(O)C3)cnc12. The van der Waals surface area contributed by atoms with Crippen LogP contribution in [0.15, 0.2) is 34.9 Å². The van der Waals surface area contributed by atoms with Gasteiger partial charge in [0.1, 0.15) is 5.52 Å². The summed E-state index contributed by atoms with van der Waals surface area (Å²) < 4.78 is 27.7. The summed E-state index contributed by atoms with van der Waals surface area (Å²) >= 11 is 3.47. The number of fused-ring (bicyclic) bond motifs is 1. The molecule has 2 N–H and O–H groups in total. The topological polar surface area (TPSA) is 74.2 Å². The average molecular weight is 464 g/mol. The molecule has 1 unspecified atom stereocenters. The summed E-state index contributed by atoms with van der Waals surface area (Å²) in [4.78, 5) is 14.6. The Balaban J connectivity index is 1.72. The first kappa shape index (κ1) is 20.1. The van der Waals surface area contributed by atoms with E-state index >= 15 is 0 Å². The van der Waals surface area contributed by atoms with Gasteiger partial charge in [-0.2, -0.15) is 0 Å². The summed E-state index contributed by atoms with van der Waals surface area (Å²) in [5, 5.41) is 12.8. The Morgan fingerprint density at radius 2 is 2.17 bits per heavy atom. The fraction of sp³-hybridized carbons (Fsp3) is 0.350. The summed E-state index contributed by atoms with van der Waals surface area (Å²) in [7, 11) is 0. The molecule has 0 radical (unpaired) electrons. The van der Waals surface area contributed by atoms with Crippen LogP contribution in [0.1, 0.15) is 29.8 Å². The van der Waals surface area contributed by atoms with Crippen molar-refractivity contribution in [1.82, 2.24) is 19.9 Å². The van der Waals surface area contributed by atoms with E-state index in [9.17, 15) is 13.9 Å². The Morgan fingerprint density at radius 3 is 2.90 bits per heavy atom. The van der Waals surface area contributed by atoms with E-state index in [0.717, 1.165) is 34.3 Å². The maximum absolute atomic E-state index is 13.4. The zero-order valence-corrected chi connectivity index (χ0v) is 17.3. The maximum atomic E-state index is 13.4. The summed E-state index contributed by atoms with van der Waals surface area (Å²) in [6.07, 6.45) is -0.669. The number of halogens is 3. The lowest BCUT2D eigenvalue weighted by Crippen LogP contribution is -2.21. The van der Waals surface area contributed by atoms with Gasteiger partial charge in [0.2, 0.25) is 0 Å². The Kier molecular flexibility index (Phi) is 5.71. The van der Waals surface area contributed by atoms with Crippen LogP contribution in [0, 0.1) is 6.92 Å². The molecule has 1 saturated heterocycles. The van der Waals surface area contributed by atoms with Crippen LogP contribution in [0.4, 0.5) is 20.3 Å². The molecule has 0 spiro atoms. The van der Waals surface area contributed by atoms with Gasteiger partial charge in [-0.3, -0.25) is 9.88 Å². The third-order valence-electron chi connectivity index (χ3n) is 4.98. The lowest BCUT2D eigenvalue weighted by Gasteiger charge is -2.16. The molecule has 29 heavy (non-hydrogen) atoms. The number of aliphatic hydroxyl groups is 1. The highest BCUT2D eigenvalue weighted by atomic mass is 79.9. The van der Waals surface area contributed by atoms with Gasteiger partial charge in [0, 0.05) is 36.0 Å². The van der Waals surface area contributed by atoms with Crippen molar-refractivity contribution in [2.24, 2.45) is 0 Å². The standard InChI is InChI=1S/C20H20BrF2N5O/c1-11-14(21)3-2-4-15(11)25-19-17-16(26-20(27-19)18(22)23)7-12(8-24-17)9-28-6-5-13(29)10-28/h2-4,7-8,13,18,29H,5-6,9-10H2,1H3,(H,25,26,27). The zero-order valence-electron chi connectivity index (χ0n) is 15.7. The number of pyridine rings is 1. The third-order valence-corrected chi connectivity index (χ3v) is 5.84. The average Bonchev–Trinajstić information content (AvgIpc) is 3.09. The smallest absolute Gasteiger partial charge is 0.297 e. The van der Waals surface area contributed by atoms with Crippen LogP contribution in [0.3, 0.4) is 0 Å². The van der Waals surface area contributed by atoms with E-state index in [-0.39, 0.29) is 11.9 Å². The van der Waals surface area contributed by atoms with Gasteiger partial charge in [0.15, 0.2) is 11.6 Å². The van der Waals surface area contributed by atoms with E-state index in [4.69, 9.17) is 0 Å². The second-order valence-electron chi connectivity index (χ2n) is 7.16. The Hall–Kier alpha value is -2.23. The first-order chi connectivity index (χ1) is 13.9. The zero-order chi connectivity index (χ0) is 20.5. The highest BCUT2D eigenvalue weighted by Gasteiger charge is 2.21. The maximum Gasteiger partial charge on any atom is 0.297 e. The van der Waals surface area contributed by atoms with Crippen molar-refractivity contribution >= 4 is 38.5 Å². The van der Waals surface area contributed by atoms with Gasteiger partial charge in [-0.1, -0.05) is 22.0 Å². The number of benzene rings is 1. The molecular weight excluding hydrogens is 444 g/mol. The van der Waals surface area contributed by atoms with E-state index in [1.165, 1.54) is 0 Å². The molecule has 2 aromatic heterocycles. The van der Waals surface area contributed by atoms with Crippen molar-refractivity contribution in [2.75, 3.05) is 18.4 Å². The second-order valence-corrected chi connectivity index (χ2v) is 8.01. The van der Waals surface area contributed by atoms with Crippen molar-refractivity contribution in [3.05, 3.63) is 51.9 Å². The van der Waals surface area contributed by atoms with Gasteiger partial charge >= 0.3 is 0 Å². The largest absolute Gasteiger partial charge is 0.392 e. The number of nitrogens with one attached hydrogen (secondary N) is 1. The number of aliphatic hydroxyl groups excluding tert-OH is 1. The van der Waals surface area contributed by atoms with Gasteiger partial charge < -0.3 is 10.4 Å². The second kappa shape index (κ2) is 8.25. The Labute approximate surface area is 175 Å². The normalized spacial score (nSPS) is 17.4. The molecule has 3 aromatic rings. The van der Waals surface area contributed by atoms with Crippen LogP contribution in [-0.2, 0) is 6.54 Å². The fourth-order valence-corrected chi connectivity index (χ4v) is 3.80. The van der Waals surface area contributed by atoms with Gasteiger partial charge in [0.25, 0.3) is 6.43 Å². The highest BCUT2D eigenvalue weighted by Crippen LogP contribution is 2.30. The number of β-amino-alcohol motifs (C(OH)–C–C–N with tert-alkyl or cyclic N) is 1. The predicted molar refractivity (Wildman–Crippen MR) is 110 cm³/mol. The van der Waals surface area contributed by atoms with E-state index in [0.29, 0.717) is 24.1 Å². The Morgan fingerprint density at radius 1 is 1.34 bits per heavy atom. The molecule has 1 aliphatic heterocycles. The first-order valence-corrected chi connectivity index (χ1v) is 10.1. The molecule has 4 rings (SSSR count). The number of hydrogen-bond donors (Lipinski definition) is 2. The van der Waals surface area contributed by atoms with Crippen LogP contribution in [-0.4, -0.2) is 44.2 Å². The van der Waals surface area contributed by atoms with Crippen LogP contribution in [0.2, 0.25) is 0 Å². The molecule has 6 nitrogen and oxygen atoms in total. The number of hydrogen-bond acceptors (Lipinski definition) is 6. The van der Waals surface area contributed by atoms with Crippen LogP contribution in [0.5, 0.6) is 0 Å². The molecule has 0 saturated carbocycles. The van der Waals surface area contributed by atoms with Gasteiger partial charge in [0.05, 0.1) is 11.6 Å². The molecular formula is C20H20BrF2N5O. The third kappa shape index (κ3) is 4.36. The van der Waals surface area contributed by atoms with Crippen molar-refractivity contribution < 1.29 is 13.9 Å².